The molecule has 1 saturated heterocycles. The molecule has 0 saturated carbocycles. The van der Waals surface area contributed by atoms with Crippen molar-refractivity contribution >= 4 is 17.5 Å². The number of anilines is 1. The van der Waals surface area contributed by atoms with Crippen LogP contribution in [0.25, 0.3) is 5.69 Å². The molecule has 2 unspecified atom stereocenters. The summed E-state index contributed by atoms with van der Waals surface area (Å²) in [6.07, 6.45) is 1.19. The van der Waals surface area contributed by atoms with Crippen molar-refractivity contribution in [2.75, 3.05) is 12.4 Å². The zero-order valence-corrected chi connectivity index (χ0v) is 17.2. The molecule has 1 N–H and O–H groups in total. The molecule has 6 nitrogen and oxygen atoms in total. The highest BCUT2D eigenvalue weighted by atomic mass is 19.4. The van der Waals surface area contributed by atoms with Gasteiger partial charge in [-0.15, -0.1) is 0 Å². The number of alkyl halides is 3. The molecule has 0 radical (unpaired) electrons. The molecule has 166 valence electrons. The minimum atomic E-state index is -4.45. The lowest BCUT2D eigenvalue weighted by atomic mass is 9.83. The zero-order valence-electron chi connectivity index (χ0n) is 17.2. The van der Waals surface area contributed by atoms with E-state index in [4.69, 9.17) is 0 Å². The molecule has 0 bridgehead atoms. The van der Waals surface area contributed by atoms with E-state index in [0.717, 1.165) is 17.8 Å². The van der Waals surface area contributed by atoms with E-state index < -0.39 is 23.7 Å². The minimum Gasteiger partial charge on any atom is -0.338 e. The normalized spacial score (nSPS) is 19.1. The SMILES string of the molecule is CN1C(=O)CCC(C(=O)Nc2ccc(-n3ccnc3)cc2)C1c1ccc(C(F)(F)F)cc1. The maximum atomic E-state index is 13.1. The van der Waals surface area contributed by atoms with Gasteiger partial charge in [0, 0.05) is 37.2 Å². The smallest absolute Gasteiger partial charge is 0.338 e. The van der Waals surface area contributed by atoms with Gasteiger partial charge in [-0.25, -0.2) is 4.98 Å². The first-order valence-electron chi connectivity index (χ1n) is 10.1. The van der Waals surface area contributed by atoms with E-state index in [2.05, 4.69) is 10.3 Å². The highest BCUT2D eigenvalue weighted by Crippen LogP contribution is 2.38. The number of carbonyl (C=O) groups excluding carboxylic acids is 2. The van der Waals surface area contributed by atoms with E-state index in [9.17, 15) is 22.8 Å². The van der Waals surface area contributed by atoms with Gasteiger partial charge in [-0.05, 0) is 48.4 Å². The second-order valence-corrected chi connectivity index (χ2v) is 7.72. The van der Waals surface area contributed by atoms with Crippen LogP contribution in [0.3, 0.4) is 0 Å². The van der Waals surface area contributed by atoms with Gasteiger partial charge in [0.1, 0.15) is 0 Å². The summed E-state index contributed by atoms with van der Waals surface area (Å²) in [4.78, 5) is 30.8. The van der Waals surface area contributed by atoms with Crippen LogP contribution in [-0.2, 0) is 15.8 Å². The van der Waals surface area contributed by atoms with Gasteiger partial charge in [0.25, 0.3) is 0 Å². The Morgan fingerprint density at radius 1 is 1.09 bits per heavy atom. The molecule has 2 heterocycles. The molecule has 3 aromatic rings. The van der Waals surface area contributed by atoms with Gasteiger partial charge in [-0.2, -0.15) is 13.2 Å². The van der Waals surface area contributed by atoms with Crippen molar-refractivity contribution in [3.05, 3.63) is 78.4 Å². The molecule has 0 aliphatic carbocycles. The van der Waals surface area contributed by atoms with Crippen LogP contribution in [-0.4, -0.2) is 33.3 Å². The standard InChI is InChI=1S/C23H21F3N4O2/c1-29-20(31)11-10-19(21(29)15-2-4-16(5-3-15)23(24,25)26)22(32)28-17-6-8-18(9-7-17)30-13-12-27-14-30/h2-9,12-14,19,21H,10-11H2,1H3,(H,28,32). The number of amides is 2. The second-order valence-electron chi connectivity index (χ2n) is 7.72. The van der Waals surface area contributed by atoms with Gasteiger partial charge in [-0.1, -0.05) is 12.1 Å². The number of piperidine rings is 1. The number of likely N-dealkylation sites (tertiary alicyclic amines) is 1. The number of imidazole rings is 1. The van der Waals surface area contributed by atoms with E-state index in [0.29, 0.717) is 17.7 Å². The fraction of sp³-hybridized carbons (Fsp3) is 0.261. The quantitative estimate of drug-likeness (QED) is 0.650. The molecule has 0 spiro atoms. The van der Waals surface area contributed by atoms with Crippen LogP contribution < -0.4 is 5.32 Å². The monoisotopic (exact) mass is 442 g/mol. The molecule has 32 heavy (non-hydrogen) atoms. The van der Waals surface area contributed by atoms with Gasteiger partial charge in [-0.3, -0.25) is 9.59 Å². The topological polar surface area (TPSA) is 67.2 Å². The Hall–Kier alpha value is -3.62. The average Bonchev–Trinajstić information content (AvgIpc) is 3.30. The van der Waals surface area contributed by atoms with Crippen molar-refractivity contribution < 1.29 is 22.8 Å². The van der Waals surface area contributed by atoms with E-state index in [1.165, 1.54) is 17.0 Å². The summed E-state index contributed by atoms with van der Waals surface area (Å²) in [7, 11) is 1.57. The highest BCUT2D eigenvalue weighted by molar-refractivity contribution is 5.94. The number of hydrogen-bond donors (Lipinski definition) is 1. The summed E-state index contributed by atoms with van der Waals surface area (Å²) in [6.45, 7) is 0. The summed E-state index contributed by atoms with van der Waals surface area (Å²) in [5.41, 5.74) is 1.19. The third-order valence-electron chi connectivity index (χ3n) is 5.71. The predicted octanol–water partition coefficient (Wildman–Crippen LogP) is 4.44. The van der Waals surface area contributed by atoms with Crippen molar-refractivity contribution in [2.24, 2.45) is 5.92 Å². The van der Waals surface area contributed by atoms with E-state index in [-0.39, 0.29) is 18.2 Å². The molecule has 1 fully saturated rings. The molecule has 2 amide bonds. The number of carbonyl (C=O) groups is 2. The molecular weight excluding hydrogens is 421 g/mol. The number of halogens is 3. The van der Waals surface area contributed by atoms with Crippen molar-refractivity contribution in [1.82, 2.24) is 14.5 Å². The average molecular weight is 442 g/mol. The Morgan fingerprint density at radius 3 is 2.38 bits per heavy atom. The Labute approximate surface area is 182 Å². The number of nitrogens with one attached hydrogen (secondary N) is 1. The summed E-state index contributed by atoms with van der Waals surface area (Å²) in [6, 6.07) is 11.2. The summed E-state index contributed by atoms with van der Waals surface area (Å²) in [5.74, 6) is -1.03. The summed E-state index contributed by atoms with van der Waals surface area (Å²) >= 11 is 0. The lowest BCUT2D eigenvalue weighted by molar-refractivity contribution is -0.140. The fourth-order valence-corrected chi connectivity index (χ4v) is 4.00. The maximum Gasteiger partial charge on any atom is 0.416 e. The van der Waals surface area contributed by atoms with Crippen LogP contribution in [0.5, 0.6) is 0 Å². The molecule has 2 aromatic carbocycles. The van der Waals surface area contributed by atoms with Gasteiger partial charge in [0.15, 0.2) is 0 Å². The first-order valence-corrected chi connectivity index (χ1v) is 10.1. The lowest BCUT2D eigenvalue weighted by Crippen LogP contribution is -2.44. The van der Waals surface area contributed by atoms with E-state index in [1.807, 2.05) is 16.7 Å². The number of aromatic nitrogens is 2. The zero-order chi connectivity index (χ0) is 22.9. The third-order valence-corrected chi connectivity index (χ3v) is 5.71. The molecule has 4 rings (SSSR count). The second kappa shape index (κ2) is 8.49. The Bertz CT molecular complexity index is 1090. The number of hydrogen-bond acceptors (Lipinski definition) is 3. The van der Waals surface area contributed by atoms with Crippen LogP contribution >= 0.6 is 0 Å². The first kappa shape index (κ1) is 21.6. The Kier molecular flexibility index (Phi) is 5.73. The molecule has 1 aliphatic heterocycles. The van der Waals surface area contributed by atoms with Crippen LogP contribution in [0.4, 0.5) is 18.9 Å². The number of nitrogens with zero attached hydrogens (tertiary/aromatic N) is 3. The van der Waals surface area contributed by atoms with Crippen LogP contribution in [0.15, 0.2) is 67.3 Å². The maximum absolute atomic E-state index is 13.1. The summed E-state index contributed by atoms with van der Waals surface area (Å²) in [5, 5.41) is 2.87. The fourth-order valence-electron chi connectivity index (χ4n) is 4.00. The van der Waals surface area contributed by atoms with Gasteiger partial charge in [0.2, 0.25) is 11.8 Å². The van der Waals surface area contributed by atoms with Gasteiger partial charge >= 0.3 is 6.18 Å². The molecule has 1 aromatic heterocycles. The van der Waals surface area contributed by atoms with E-state index in [1.54, 1.807) is 37.9 Å². The number of benzene rings is 2. The van der Waals surface area contributed by atoms with Gasteiger partial charge in [0.05, 0.1) is 23.9 Å². The highest BCUT2D eigenvalue weighted by Gasteiger charge is 2.39. The first-order chi connectivity index (χ1) is 15.2. The summed E-state index contributed by atoms with van der Waals surface area (Å²) < 4.78 is 40.6. The van der Waals surface area contributed by atoms with Crippen molar-refractivity contribution in [2.45, 2.75) is 25.1 Å². The number of rotatable bonds is 4. The van der Waals surface area contributed by atoms with Gasteiger partial charge < -0.3 is 14.8 Å². The third kappa shape index (κ3) is 4.37. The Balaban J connectivity index is 1.54. The van der Waals surface area contributed by atoms with Crippen LogP contribution in [0, 0.1) is 5.92 Å². The molecular formula is C23H21F3N4O2. The minimum absolute atomic E-state index is 0.149. The van der Waals surface area contributed by atoms with Crippen molar-refractivity contribution in [1.29, 1.82) is 0 Å². The van der Waals surface area contributed by atoms with Crippen molar-refractivity contribution in [3.8, 4) is 5.69 Å². The van der Waals surface area contributed by atoms with Crippen LogP contribution in [0.1, 0.15) is 30.0 Å². The van der Waals surface area contributed by atoms with Crippen LogP contribution in [0.2, 0.25) is 0 Å². The predicted molar refractivity (Wildman–Crippen MR) is 112 cm³/mol. The Morgan fingerprint density at radius 2 is 1.78 bits per heavy atom. The largest absolute Gasteiger partial charge is 0.416 e. The molecule has 1 aliphatic rings. The molecule has 2 atom stereocenters. The van der Waals surface area contributed by atoms with E-state index >= 15 is 0 Å². The molecule has 9 heteroatoms. The van der Waals surface area contributed by atoms with Crippen molar-refractivity contribution in [3.63, 3.8) is 0 Å². The lowest BCUT2D eigenvalue weighted by Gasteiger charge is -2.38.